The van der Waals surface area contributed by atoms with Crippen molar-refractivity contribution in [3.8, 4) is 0 Å². The van der Waals surface area contributed by atoms with Crippen LogP contribution in [0.5, 0.6) is 0 Å². The Hall–Kier alpha value is -1.85. The van der Waals surface area contributed by atoms with Crippen LogP contribution in [-0.2, 0) is 11.3 Å². The molecule has 0 aliphatic rings. The Balaban J connectivity index is 2.67. The van der Waals surface area contributed by atoms with Gasteiger partial charge in [0.25, 0.3) is 5.56 Å². The lowest BCUT2D eigenvalue weighted by molar-refractivity contribution is -0.122. The van der Waals surface area contributed by atoms with E-state index in [9.17, 15) is 9.59 Å². The summed E-state index contributed by atoms with van der Waals surface area (Å²) < 4.78 is 1.08. The summed E-state index contributed by atoms with van der Waals surface area (Å²) in [6.07, 6.45) is 2.19. The largest absolute Gasteiger partial charge is 0.397 e. The fourth-order valence-corrected chi connectivity index (χ4v) is 1.12. The smallest absolute Gasteiger partial charge is 0.269 e. The van der Waals surface area contributed by atoms with Gasteiger partial charge in [-0.25, -0.2) is 4.68 Å². The zero-order valence-corrected chi connectivity index (χ0v) is 9.43. The molecule has 16 heavy (non-hydrogen) atoms. The van der Waals surface area contributed by atoms with Crippen molar-refractivity contribution in [1.82, 2.24) is 15.1 Å². The maximum atomic E-state index is 11.5. The van der Waals surface area contributed by atoms with Crippen LogP contribution in [0.15, 0.2) is 17.1 Å². The molecule has 0 radical (unpaired) electrons. The summed E-state index contributed by atoms with van der Waals surface area (Å²) in [5.41, 5.74) is 5.30. The predicted molar refractivity (Wildman–Crippen MR) is 60.8 cm³/mol. The third-order valence-electron chi connectivity index (χ3n) is 2.20. The molecule has 1 atom stereocenters. The Kier molecular flexibility index (Phi) is 4.04. The molecule has 88 valence electrons. The second kappa shape index (κ2) is 5.29. The number of nitrogens with zero attached hydrogens (tertiary/aromatic N) is 2. The van der Waals surface area contributed by atoms with Crippen molar-refractivity contribution in [1.29, 1.82) is 0 Å². The zero-order chi connectivity index (χ0) is 12.1. The fraction of sp³-hybridized carbons (Fsp3) is 0.500. The first-order valence-corrected chi connectivity index (χ1v) is 5.15. The summed E-state index contributed by atoms with van der Waals surface area (Å²) in [5.74, 6) is -0.228. The molecular formula is C10H16N4O2. The third kappa shape index (κ3) is 3.38. The highest BCUT2D eigenvalue weighted by atomic mass is 16.2. The Morgan fingerprint density at radius 2 is 2.38 bits per heavy atom. The summed E-state index contributed by atoms with van der Waals surface area (Å²) in [5, 5.41) is 6.52. The number of nitrogens with two attached hydrogens (primary N) is 1. The second-order valence-corrected chi connectivity index (χ2v) is 3.66. The molecule has 3 N–H and O–H groups in total. The number of anilines is 1. The molecule has 0 aliphatic heterocycles. The van der Waals surface area contributed by atoms with E-state index in [1.807, 2.05) is 13.8 Å². The van der Waals surface area contributed by atoms with E-state index in [0.717, 1.165) is 11.1 Å². The lowest BCUT2D eigenvalue weighted by Gasteiger charge is -2.11. The van der Waals surface area contributed by atoms with Crippen LogP contribution < -0.4 is 16.6 Å². The van der Waals surface area contributed by atoms with E-state index in [-0.39, 0.29) is 24.1 Å². The van der Waals surface area contributed by atoms with Crippen LogP contribution in [0.3, 0.4) is 0 Å². The molecule has 1 aromatic heterocycles. The molecule has 6 heteroatoms. The summed E-state index contributed by atoms with van der Waals surface area (Å²) in [4.78, 5) is 22.8. The Morgan fingerprint density at radius 3 is 2.94 bits per heavy atom. The SMILES string of the molecule is CCC(C)NC(=O)Cn1ncc(N)cc1=O. The van der Waals surface area contributed by atoms with E-state index in [1.54, 1.807) is 0 Å². The highest BCUT2D eigenvalue weighted by Gasteiger charge is 2.07. The van der Waals surface area contributed by atoms with Crippen molar-refractivity contribution in [3.05, 3.63) is 22.6 Å². The van der Waals surface area contributed by atoms with Gasteiger partial charge in [0.05, 0.1) is 11.9 Å². The number of rotatable bonds is 4. The lowest BCUT2D eigenvalue weighted by atomic mass is 10.2. The van der Waals surface area contributed by atoms with Gasteiger partial charge in [0.1, 0.15) is 6.54 Å². The number of carbonyl (C=O) groups excluding carboxylic acids is 1. The summed E-state index contributed by atoms with van der Waals surface area (Å²) in [7, 11) is 0. The number of nitrogens with one attached hydrogen (secondary N) is 1. The number of carbonyl (C=O) groups is 1. The number of hydrogen-bond donors (Lipinski definition) is 2. The Labute approximate surface area is 93.5 Å². The Bertz CT molecular complexity index is 427. The van der Waals surface area contributed by atoms with Gasteiger partial charge in [0.2, 0.25) is 5.91 Å². The van der Waals surface area contributed by atoms with Crippen LogP contribution >= 0.6 is 0 Å². The van der Waals surface area contributed by atoms with Crippen molar-refractivity contribution >= 4 is 11.6 Å². The van der Waals surface area contributed by atoms with Crippen molar-refractivity contribution in [2.24, 2.45) is 0 Å². The van der Waals surface area contributed by atoms with Gasteiger partial charge in [0, 0.05) is 12.1 Å². The van der Waals surface area contributed by atoms with Gasteiger partial charge in [-0.15, -0.1) is 0 Å². The quantitative estimate of drug-likeness (QED) is 0.737. The van der Waals surface area contributed by atoms with E-state index in [0.29, 0.717) is 5.69 Å². The zero-order valence-electron chi connectivity index (χ0n) is 9.43. The van der Waals surface area contributed by atoms with Crippen molar-refractivity contribution in [2.45, 2.75) is 32.9 Å². The summed E-state index contributed by atoms with van der Waals surface area (Å²) >= 11 is 0. The van der Waals surface area contributed by atoms with Crippen LogP contribution in [0, 0.1) is 0 Å². The van der Waals surface area contributed by atoms with Crippen molar-refractivity contribution in [2.75, 3.05) is 5.73 Å². The average molecular weight is 224 g/mol. The first-order chi connectivity index (χ1) is 7.52. The molecule has 0 saturated heterocycles. The van der Waals surface area contributed by atoms with Gasteiger partial charge in [0.15, 0.2) is 0 Å². The minimum absolute atomic E-state index is 0.0799. The highest BCUT2D eigenvalue weighted by Crippen LogP contribution is 1.91. The molecule has 1 amide bonds. The molecule has 0 aromatic carbocycles. The Morgan fingerprint density at radius 1 is 1.69 bits per heavy atom. The van der Waals surface area contributed by atoms with Gasteiger partial charge in [-0.2, -0.15) is 5.10 Å². The maximum Gasteiger partial charge on any atom is 0.269 e. The number of nitrogen functional groups attached to an aromatic ring is 1. The van der Waals surface area contributed by atoms with Gasteiger partial charge < -0.3 is 11.1 Å². The van der Waals surface area contributed by atoms with Gasteiger partial charge in [-0.05, 0) is 13.3 Å². The number of aromatic nitrogens is 2. The molecule has 0 spiro atoms. The maximum absolute atomic E-state index is 11.5. The topological polar surface area (TPSA) is 90.0 Å². The van der Waals surface area contributed by atoms with Crippen LogP contribution in [-0.4, -0.2) is 21.7 Å². The minimum atomic E-state index is -0.376. The molecule has 0 aliphatic carbocycles. The van der Waals surface area contributed by atoms with Gasteiger partial charge in [-0.1, -0.05) is 6.92 Å². The first kappa shape index (κ1) is 12.2. The molecule has 1 rings (SSSR count). The third-order valence-corrected chi connectivity index (χ3v) is 2.20. The standard InChI is InChI=1S/C10H16N4O2/c1-3-7(2)13-9(15)6-14-10(16)4-8(11)5-12-14/h4-5,7H,3,6,11H2,1-2H3,(H,13,15). The van der Waals surface area contributed by atoms with E-state index in [4.69, 9.17) is 5.73 Å². The fourth-order valence-electron chi connectivity index (χ4n) is 1.12. The van der Waals surface area contributed by atoms with E-state index >= 15 is 0 Å². The molecule has 0 saturated carbocycles. The van der Waals surface area contributed by atoms with Crippen molar-refractivity contribution in [3.63, 3.8) is 0 Å². The molecule has 0 fully saturated rings. The minimum Gasteiger partial charge on any atom is -0.397 e. The monoisotopic (exact) mass is 224 g/mol. The van der Waals surface area contributed by atoms with E-state index in [2.05, 4.69) is 10.4 Å². The number of amides is 1. The number of hydrogen-bond acceptors (Lipinski definition) is 4. The van der Waals surface area contributed by atoms with E-state index < -0.39 is 0 Å². The van der Waals surface area contributed by atoms with Gasteiger partial charge >= 0.3 is 0 Å². The van der Waals surface area contributed by atoms with Gasteiger partial charge in [-0.3, -0.25) is 9.59 Å². The molecule has 1 unspecified atom stereocenters. The average Bonchev–Trinajstić information content (AvgIpc) is 2.22. The van der Waals surface area contributed by atoms with E-state index in [1.165, 1.54) is 12.3 Å². The van der Waals surface area contributed by atoms with Crippen LogP contribution in [0.2, 0.25) is 0 Å². The highest BCUT2D eigenvalue weighted by molar-refractivity contribution is 5.75. The first-order valence-electron chi connectivity index (χ1n) is 5.15. The molecule has 1 aromatic rings. The lowest BCUT2D eigenvalue weighted by Crippen LogP contribution is -2.37. The van der Waals surface area contributed by atoms with Crippen molar-refractivity contribution < 1.29 is 4.79 Å². The summed E-state index contributed by atoms with van der Waals surface area (Å²) in [6, 6.07) is 1.33. The van der Waals surface area contributed by atoms with Crippen LogP contribution in [0.1, 0.15) is 20.3 Å². The molecule has 0 bridgehead atoms. The molecular weight excluding hydrogens is 208 g/mol. The normalized spacial score (nSPS) is 12.1. The summed E-state index contributed by atoms with van der Waals surface area (Å²) in [6.45, 7) is 3.79. The van der Waals surface area contributed by atoms with Crippen LogP contribution in [0.4, 0.5) is 5.69 Å². The second-order valence-electron chi connectivity index (χ2n) is 3.66. The predicted octanol–water partition coefficient (Wildman–Crippen LogP) is -0.260. The molecule has 1 heterocycles. The molecule has 6 nitrogen and oxygen atoms in total. The van der Waals surface area contributed by atoms with Crippen LogP contribution in [0.25, 0.3) is 0 Å².